The van der Waals surface area contributed by atoms with Gasteiger partial charge in [0.25, 0.3) is 0 Å². The molecule has 0 fully saturated rings. The van der Waals surface area contributed by atoms with Gasteiger partial charge in [0.05, 0.1) is 17.6 Å². The van der Waals surface area contributed by atoms with Gasteiger partial charge in [0, 0.05) is 36.1 Å². The van der Waals surface area contributed by atoms with Crippen LogP contribution in [0.3, 0.4) is 0 Å². The zero-order chi connectivity index (χ0) is 15.9. The van der Waals surface area contributed by atoms with E-state index in [1.54, 1.807) is 23.6 Å². The fourth-order valence-corrected chi connectivity index (χ4v) is 2.55. The monoisotopic (exact) mass is 312 g/mol. The van der Waals surface area contributed by atoms with Crippen LogP contribution in [-0.2, 0) is 0 Å². The molecule has 0 aliphatic heterocycles. The van der Waals surface area contributed by atoms with Crippen molar-refractivity contribution in [2.45, 2.75) is 13.8 Å². The van der Waals surface area contributed by atoms with Gasteiger partial charge in [-0.05, 0) is 25.3 Å². The summed E-state index contributed by atoms with van der Waals surface area (Å²) in [6, 6.07) is 4.16. The average molecular weight is 312 g/mol. The molecule has 114 valence electrons. The van der Waals surface area contributed by atoms with Gasteiger partial charge in [-0.3, -0.25) is 9.38 Å². The highest BCUT2D eigenvalue weighted by Gasteiger charge is 2.07. The Morgan fingerprint density at radius 3 is 2.73 bits per heavy atom. The van der Waals surface area contributed by atoms with Gasteiger partial charge in [0.2, 0.25) is 0 Å². The number of aryl methyl sites for hydroxylation is 2. The molecule has 22 heavy (non-hydrogen) atoms. The predicted molar refractivity (Wildman–Crippen MR) is 94.0 cm³/mol. The van der Waals surface area contributed by atoms with Gasteiger partial charge in [-0.25, -0.2) is 4.98 Å². The van der Waals surface area contributed by atoms with Gasteiger partial charge < -0.3 is 5.32 Å². The number of thiophene rings is 1. The third kappa shape index (κ3) is 3.62. The highest BCUT2D eigenvalue weighted by atomic mass is 32.1. The third-order valence-electron chi connectivity index (χ3n) is 3.08. The van der Waals surface area contributed by atoms with Gasteiger partial charge in [0.1, 0.15) is 0 Å². The zero-order valence-corrected chi connectivity index (χ0v) is 13.9. The quantitative estimate of drug-likeness (QED) is 0.747. The minimum Gasteiger partial charge on any atom is -0.393 e. The van der Waals surface area contributed by atoms with Crippen molar-refractivity contribution in [1.29, 1.82) is 0 Å². The minimum atomic E-state index is 0.876. The van der Waals surface area contributed by atoms with Gasteiger partial charge in [-0.15, -0.1) is 11.3 Å². The molecule has 0 saturated carbocycles. The first-order valence-corrected chi connectivity index (χ1v) is 7.84. The smallest absolute Gasteiger partial charge is 0.158 e. The van der Waals surface area contributed by atoms with Crippen molar-refractivity contribution in [3.05, 3.63) is 71.2 Å². The predicted octanol–water partition coefficient (Wildman–Crippen LogP) is 3.84. The van der Waals surface area contributed by atoms with Crippen molar-refractivity contribution in [1.82, 2.24) is 19.7 Å². The van der Waals surface area contributed by atoms with Gasteiger partial charge in [0.15, 0.2) is 5.65 Å². The Bertz CT molecular complexity index is 769. The molecule has 0 amide bonds. The Balaban J connectivity index is 0.000000246. The summed E-state index contributed by atoms with van der Waals surface area (Å²) in [7, 11) is 1.86. The minimum absolute atomic E-state index is 0.876. The number of fused-ring (bicyclic) bond motifs is 1. The number of aromatic nitrogens is 3. The van der Waals surface area contributed by atoms with Crippen molar-refractivity contribution < 1.29 is 0 Å². The maximum Gasteiger partial charge on any atom is 0.158 e. The standard InChI is InChI=1S/C12H14N4.C5H6S/c1-4-10(7-13-3)11-8-15-12-9(2)14-5-6-16(11)12;1-5-3-2-4-6-5/h4-8,13H,1H2,2-3H3;2-4H,1H3/b10-7+;. The van der Waals surface area contributed by atoms with Gasteiger partial charge in [-0.1, -0.05) is 18.7 Å². The molecule has 0 saturated heterocycles. The molecule has 0 bridgehead atoms. The topological polar surface area (TPSA) is 42.2 Å². The van der Waals surface area contributed by atoms with Crippen LogP contribution in [0.25, 0.3) is 11.2 Å². The van der Waals surface area contributed by atoms with Crippen LogP contribution in [0.5, 0.6) is 0 Å². The molecule has 3 heterocycles. The van der Waals surface area contributed by atoms with E-state index in [4.69, 9.17) is 0 Å². The van der Waals surface area contributed by atoms with E-state index in [9.17, 15) is 0 Å². The number of nitrogens with one attached hydrogen (secondary N) is 1. The molecule has 0 spiro atoms. The lowest BCUT2D eigenvalue weighted by atomic mass is 10.2. The van der Waals surface area contributed by atoms with Crippen LogP contribution in [0.4, 0.5) is 0 Å². The van der Waals surface area contributed by atoms with Gasteiger partial charge in [-0.2, -0.15) is 0 Å². The molecule has 1 N–H and O–H groups in total. The van der Waals surface area contributed by atoms with E-state index >= 15 is 0 Å². The maximum atomic E-state index is 4.35. The summed E-state index contributed by atoms with van der Waals surface area (Å²) >= 11 is 1.78. The highest BCUT2D eigenvalue weighted by molar-refractivity contribution is 7.09. The molecule has 3 aromatic heterocycles. The van der Waals surface area contributed by atoms with E-state index in [0.29, 0.717) is 0 Å². The molecule has 0 aromatic carbocycles. The highest BCUT2D eigenvalue weighted by Crippen LogP contribution is 2.17. The van der Waals surface area contributed by atoms with Crippen LogP contribution in [0, 0.1) is 13.8 Å². The first-order chi connectivity index (χ1) is 10.7. The lowest BCUT2D eigenvalue weighted by molar-refractivity contribution is 1.06. The van der Waals surface area contributed by atoms with E-state index in [1.165, 1.54) is 4.88 Å². The summed E-state index contributed by atoms with van der Waals surface area (Å²) in [5.74, 6) is 0. The van der Waals surface area contributed by atoms with Crippen molar-refractivity contribution in [3.8, 4) is 0 Å². The van der Waals surface area contributed by atoms with E-state index in [0.717, 1.165) is 22.6 Å². The normalized spacial score (nSPS) is 11.0. The Labute approximate surface area is 134 Å². The molecule has 4 nitrogen and oxygen atoms in total. The molecular weight excluding hydrogens is 292 g/mol. The Kier molecular flexibility index (Phi) is 5.49. The first kappa shape index (κ1) is 16.0. The second-order valence-electron chi connectivity index (χ2n) is 4.67. The van der Waals surface area contributed by atoms with Gasteiger partial charge >= 0.3 is 0 Å². The molecule has 0 atom stereocenters. The molecule has 0 aliphatic carbocycles. The number of allylic oxidation sites excluding steroid dienone is 2. The van der Waals surface area contributed by atoms with Crippen LogP contribution in [0.2, 0.25) is 0 Å². The number of nitrogens with zero attached hydrogens (tertiary/aromatic N) is 3. The van der Waals surface area contributed by atoms with Crippen molar-refractivity contribution >= 4 is 22.6 Å². The summed E-state index contributed by atoms with van der Waals surface area (Å²) in [6.07, 6.45) is 9.20. The number of hydrogen-bond donors (Lipinski definition) is 1. The maximum absolute atomic E-state index is 4.35. The van der Waals surface area contributed by atoms with E-state index in [1.807, 2.05) is 37.0 Å². The second kappa shape index (κ2) is 7.56. The van der Waals surface area contributed by atoms with E-state index in [-0.39, 0.29) is 0 Å². The third-order valence-corrected chi connectivity index (χ3v) is 3.88. The van der Waals surface area contributed by atoms with E-state index in [2.05, 4.69) is 46.3 Å². The summed E-state index contributed by atoms with van der Waals surface area (Å²) in [5, 5.41) is 5.07. The fraction of sp³-hybridized carbons (Fsp3) is 0.176. The molecule has 0 unspecified atom stereocenters. The molecule has 3 rings (SSSR count). The molecule has 0 radical (unpaired) electrons. The van der Waals surface area contributed by atoms with Crippen LogP contribution < -0.4 is 5.32 Å². The Morgan fingerprint density at radius 1 is 1.36 bits per heavy atom. The van der Waals surface area contributed by atoms with Crippen LogP contribution in [0.1, 0.15) is 16.3 Å². The van der Waals surface area contributed by atoms with Crippen LogP contribution in [0.15, 0.2) is 55.0 Å². The van der Waals surface area contributed by atoms with Crippen molar-refractivity contribution in [2.24, 2.45) is 0 Å². The lowest BCUT2D eigenvalue weighted by Gasteiger charge is -2.03. The lowest BCUT2D eigenvalue weighted by Crippen LogP contribution is -1.98. The Hall–Kier alpha value is -2.40. The summed E-state index contributed by atoms with van der Waals surface area (Å²) in [5.41, 5.74) is 3.80. The average Bonchev–Trinajstić information content (AvgIpc) is 3.15. The number of imidazole rings is 1. The van der Waals surface area contributed by atoms with E-state index < -0.39 is 0 Å². The zero-order valence-electron chi connectivity index (χ0n) is 13.1. The van der Waals surface area contributed by atoms with Crippen LogP contribution in [-0.4, -0.2) is 21.4 Å². The van der Waals surface area contributed by atoms with Crippen molar-refractivity contribution in [3.63, 3.8) is 0 Å². The second-order valence-corrected chi connectivity index (χ2v) is 5.82. The number of hydrogen-bond acceptors (Lipinski definition) is 4. The summed E-state index contributed by atoms with van der Waals surface area (Å²) < 4.78 is 2.01. The van der Waals surface area contributed by atoms with Crippen LogP contribution >= 0.6 is 11.3 Å². The van der Waals surface area contributed by atoms with Crippen molar-refractivity contribution in [2.75, 3.05) is 7.05 Å². The Morgan fingerprint density at radius 2 is 2.18 bits per heavy atom. The molecular formula is C17H20N4S. The largest absolute Gasteiger partial charge is 0.393 e. The summed E-state index contributed by atoms with van der Waals surface area (Å²) in [4.78, 5) is 9.95. The molecule has 3 aromatic rings. The molecule has 5 heteroatoms. The first-order valence-electron chi connectivity index (χ1n) is 6.96. The summed E-state index contributed by atoms with van der Waals surface area (Å²) in [6.45, 7) is 7.85. The fourth-order valence-electron chi connectivity index (χ4n) is 2.02. The number of rotatable bonds is 3. The SMILES string of the molecule is C=C/C(=C\NC)c1cnc2c(C)nccn12.Cc1cccs1. The molecule has 0 aliphatic rings.